The number of nitrogens with zero attached hydrogens (tertiary/aromatic N) is 1. The number of urea groups is 1. The van der Waals surface area contributed by atoms with Crippen LogP contribution < -0.4 is 15.5 Å². The summed E-state index contributed by atoms with van der Waals surface area (Å²) in [6.07, 6.45) is 0.180. The molecule has 0 saturated carbocycles. The maximum absolute atomic E-state index is 13.1. The van der Waals surface area contributed by atoms with Crippen LogP contribution in [-0.4, -0.2) is 47.1 Å². The Morgan fingerprint density at radius 2 is 1.37 bits per heavy atom. The third kappa shape index (κ3) is 7.46. The largest absolute Gasteiger partial charge is 0.480 e. The Hall–Kier alpha value is -6.22. The number of aliphatic carboxylic acids is 1. The summed E-state index contributed by atoms with van der Waals surface area (Å²) in [5, 5.41) is 24.9. The number of hydrogen-bond donors (Lipinski definition) is 4. The highest BCUT2D eigenvalue weighted by Crippen LogP contribution is 2.26. The van der Waals surface area contributed by atoms with Crippen molar-refractivity contribution in [2.24, 2.45) is 0 Å². The molecule has 0 spiro atoms. The fourth-order valence-corrected chi connectivity index (χ4v) is 4.92. The van der Waals surface area contributed by atoms with Gasteiger partial charge in [0.25, 0.3) is 0 Å². The van der Waals surface area contributed by atoms with Crippen LogP contribution in [0, 0.1) is 0 Å². The van der Waals surface area contributed by atoms with Crippen molar-refractivity contribution in [1.29, 1.82) is 0 Å². The fraction of sp³-hybridized carbons (Fsp3) is 0.0811. The predicted molar refractivity (Wildman–Crippen MR) is 178 cm³/mol. The van der Waals surface area contributed by atoms with Gasteiger partial charge in [0.1, 0.15) is 6.04 Å². The average Bonchev–Trinajstić information content (AvgIpc) is 3.08. The summed E-state index contributed by atoms with van der Waals surface area (Å²) in [5.41, 5.74) is 5.11. The molecule has 2 amide bonds. The van der Waals surface area contributed by atoms with E-state index in [1.54, 1.807) is 61.6 Å². The van der Waals surface area contributed by atoms with E-state index in [0.717, 1.165) is 16.7 Å². The van der Waals surface area contributed by atoms with Gasteiger partial charge in [-0.05, 0) is 65.2 Å². The van der Waals surface area contributed by atoms with E-state index in [2.05, 4.69) is 10.6 Å². The molecule has 0 fully saturated rings. The van der Waals surface area contributed by atoms with Crippen molar-refractivity contribution >= 4 is 40.8 Å². The van der Waals surface area contributed by atoms with Crippen molar-refractivity contribution in [3.8, 4) is 11.1 Å². The Labute approximate surface area is 265 Å². The molecule has 0 aliphatic rings. The van der Waals surface area contributed by atoms with Crippen LogP contribution >= 0.6 is 0 Å². The summed E-state index contributed by atoms with van der Waals surface area (Å²) in [7, 11) is 1.63. The number of aromatic carboxylic acids is 1. The predicted octanol–water partition coefficient (Wildman–Crippen LogP) is 7.06. The lowest BCUT2D eigenvalue weighted by Crippen LogP contribution is -2.32. The minimum Gasteiger partial charge on any atom is -0.480 e. The van der Waals surface area contributed by atoms with E-state index >= 15 is 0 Å². The molecule has 9 heteroatoms. The summed E-state index contributed by atoms with van der Waals surface area (Å²) in [6.45, 7) is 0. The first kappa shape index (κ1) is 31.2. The van der Waals surface area contributed by atoms with Crippen LogP contribution in [-0.2, 0) is 11.2 Å². The van der Waals surface area contributed by atoms with Gasteiger partial charge < -0.3 is 20.8 Å². The van der Waals surface area contributed by atoms with Crippen molar-refractivity contribution in [2.45, 2.75) is 12.5 Å². The van der Waals surface area contributed by atoms with E-state index in [0.29, 0.717) is 28.2 Å². The number of rotatable bonds is 11. The van der Waals surface area contributed by atoms with Gasteiger partial charge in [-0.1, -0.05) is 78.9 Å². The highest BCUT2D eigenvalue weighted by molar-refractivity contribution is 6.12. The average molecular weight is 614 g/mol. The summed E-state index contributed by atoms with van der Waals surface area (Å²) in [5.74, 6) is -2.29. The minimum absolute atomic E-state index is 0.125. The number of carboxylic acids is 2. The standard InChI is InChI=1S/C37H31N3O6/c1-40(37(46)38-29-20-18-27(19-21-29)35(42)43)30-11-7-10-28(23-30)25-16-14-24(15-17-25)22-33(36(44)45)39-32-13-6-5-12-31(32)34(41)26-8-3-2-4-9-26/h2-21,23,33,39H,22H2,1H3,(H,38,46)(H,42,43)(H,44,45). The molecule has 5 aromatic rings. The van der Waals surface area contributed by atoms with Crippen LogP contribution in [0.5, 0.6) is 0 Å². The van der Waals surface area contributed by atoms with Crippen LogP contribution in [0.3, 0.4) is 0 Å². The van der Waals surface area contributed by atoms with Gasteiger partial charge in [-0.2, -0.15) is 0 Å². The molecule has 0 aliphatic carbocycles. The molecular formula is C37H31N3O6. The van der Waals surface area contributed by atoms with Gasteiger partial charge in [-0.3, -0.25) is 9.69 Å². The van der Waals surface area contributed by atoms with E-state index in [4.69, 9.17) is 5.11 Å². The highest BCUT2D eigenvalue weighted by atomic mass is 16.4. The third-order valence-electron chi connectivity index (χ3n) is 7.48. The van der Waals surface area contributed by atoms with Crippen LogP contribution in [0.15, 0.2) is 127 Å². The van der Waals surface area contributed by atoms with Crippen LogP contribution in [0.2, 0.25) is 0 Å². The molecule has 0 heterocycles. The number of carboxylic acid groups (broad SMARTS) is 2. The number of ketones is 1. The number of nitrogens with one attached hydrogen (secondary N) is 2. The first-order chi connectivity index (χ1) is 22.2. The molecule has 9 nitrogen and oxygen atoms in total. The summed E-state index contributed by atoms with van der Waals surface area (Å²) in [6, 6.07) is 35.2. The maximum Gasteiger partial charge on any atom is 0.335 e. The van der Waals surface area contributed by atoms with Crippen LogP contribution in [0.25, 0.3) is 11.1 Å². The topological polar surface area (TPSA) is 136 Å². The van der Waals surface area contributed by atoms with Crippen molar-refractivity contribution < 1.29 is 29.4 Å². The number of para-hydroxylation sites is 1. The van der Waals surface area contributed by atoms with E-state index in [1.807, 2.05) is 48.5 Å². The van der Waals surface area contributed by atoms with Gasteiger partial charge in [-0.25, -0.2) is 14.4 Å². The molecular weight excluding hydrogens is 582 g/mol. The lowest BCUT2D eigenvalue weighted by atomic mass is 9.98. The number of amides is 2. The van der Waals surface area contributed by atoms with Crippen molar-refractivity contribution in [3.63, 3.8) is 0 Å². The molecule has 1 unspecified atom stereocenters. The fourth-order valence-electron chi connectivity index (χ4n) is 4.92. The Kier molecular flexibility index (Phi) is 9.53. The van der Waals surface area contributed by atoms with E-state index in [-0.39, 0.29) is 17.8 Å². The molecule has 0 aliphatic heterocycles. The molecule has 0 bridgehead atoms. The van der Waals surface area contributed by atoms with Crippen molar-refractivity contribution in [3.05, 3.63) is 150 Å². The zero-order valence-electron chi connectivity index (χ0n) is 24.9. The molecule has 46 heavy (non-hydrogen) atoms. The molecule has 0 saturated heterocycles. The third-order valence-corrected chi connectivity index (χ3v) is 7.48. The Morgan fingerprint density at radius 1 is 0.696 bits per heavy atom. The molecule has 5 aromatic carbocycles. The monoisotopic (exact) mass is 613 g/mol. The van der Waals surface area contributed by atoms with Gasteiger partial charge in [0.05, 0.1) is 5.56 Å². The SMILES string of the molecule is CN(C(=O)Nc1ccc(C(=O)O)cc1)c1cccc(-c2ccc(CC(Nc3ccccc3C(=O)c3ccccc3)C(=O)O)cc2)c1. The first-order valence-electron chi connectivity index (χ1n) is 14.4. The van der Waals surface area contributed by atoms with E-state index in [1.165, 1.54) is 29.2 Å². The second kappa shape index (κ2) is 14.0. The maximum atomic E-state index is 13.1. The molecule has 1 atom stereocenters. The number of carbonyl (C=O) groups excluding carboxylic acids is 2. The molecule has 4 N–H and O–H groups in total. The first-order valence-corrected chi connectivity index (χ1v) is 14.4. The van der Waals surface area contributed by atoms with E-state index in [9.17, 15) is 24.3 Å². The summed E-state index contributed by atoms with van der Waals surface area (Å²) >= 11 is 0. The lowest BCUT2D eigenvalue weighted by Gasteiger charge is -2.19. The van der Waals surface area contributed by atoms with Crippen molar-refractivity contribution in [1.82, 2.24) is 0 Å². The number of hydrogen-bond acceptors (Lipinski definition) is 5. The quantitative estimate of drug-likeness (QED) is 0.117. The zero-order valence-corrected chi connectivity index (χ0v) is 24.9. The second-order valence-electron chi connectivity index (χ2n) is 10.6. The lowest BCUT2D eigenvalue weighted by molar-refractivity contribution is -0.137. The van der Waals surface area contributed by atoms with Crippen molar-refractivity contribution in [2.75, 3.05) is 22.6 Å². The Morgan fingerprint density at radius 3 is 2.04 bits per heavy atom. The minimum atomic E-state index is -1.05. The number of benzene rings is 5. The normalized spacial score (nSPS) is 11.2. The molecule has 5 rings (SSSR count). The van der Waals surface area contributed by atoms with Gasteiger partial charge in [0, 0.05) is 41.7 Å². The highest BCUT2D eigenvalue weighted by Gasteiger charge is 2.21. The molecule has 230 valence electrons. The van der Waals surface area contributed by atoms with Gasteiger partial charge in [-0.15, -0.1) is 0 Å². The summed E-state index contributed by atoms with van der Waals surface area (Å²) in [4.78, 5) is 50.8. The smallest absolute Gasteiger partial charge is 0.335 e. The number of carbonyl (C=O) groups is 4. The van der Waals surface area contributed by atoms with E-state index < -0.39 is 24.0 Å². The number of anilines is 3. The summed E-state index contributed by atoms with van der Waals surface area (Å²) < 4.78 is 0. The van der Waals surface area contributed by atoms with Crippen LogP contribution in [0.1, 0.15) is 31.8 Å². The van der Waals surface area contributed by atoms with Crippen LogP contribution in [0.4, 0.5) is 21.9 Å². The molecule has 0 aromatic heterocycles. The Bertz CT molecular complexity index is 1870. The van der Waals surface area contributed by atoms with Gasteiger partial charge in [0.15, 0.2) is 5.78 Å². The zero-order chi connectivity index (χ0) is 32.6. The Balaban J connectivity index is 1.27. The van der Waals surface area contributed by atoms with Gasteiger partial charge >= 0.3 is 18.0 Å². The molecule has 0 radical (unpaired) electrons. The van der Waals surface area contributed by atoms with Gasteiger partial charge in [0.2, 0.25) is 0 Å². The second-order valence-corrected chi connectivity index (χ2v) is 10.6.